The second-order valence-corrected chi connectivity index (χ2v) is 3.43. The second-order valence-electron chi connectivity index (χ2n) is 3.43. The number of aryl methyl sites for hydroxylation is 1. The molecule has 0 aliphatic carbocycles. The van der Waals surface area contributed by atoms with Crippen LogP contribution in [-0.4, -0.2) is 29.1 Å². The van der Waals surface area contributed by atoms with Crippen molar-refractivity contribution in [3.05, 3.63) is 17.7 Å². The molecule has 0 amide bonds. The van der Waals surface area contributed by atoms with E-state index < -0.39 is 5.92 Å². The van der Waals surface area contributed by atoms with E-state index in [0.717, 1.165) is 11.4 Å². The summed E-state index contributed by atoms with van der Waals surface area (Å²) in [6.45, 7) is 2.96. The third-order valence-corrected chi connectivity index (χ3v) is 2.18. The molecule has 1 aromatic heterocycles. The monoisotopic (exact) mass is 203 g/mol. The Bertz CT molecular complexity index is 307. The molecule has 0 saturated heterocycles. The first-order valence-corrected chi connectivity index (χ1v) is 4.47. The standard InChI is InChI=1S/C9H15F2N3/c1-7-8(2)14(6-13-7)5-9(10,11)4-12-3/h6,12H,4-5H2,1-3H3. The number of rotatable bonds is 4. The summed E-state index contributed by atoms with van der Waals surface area (Å²) in [5.74, 6) is -2.73. The highest BCUT2D eigenvalue weighted by molar-refractivity contribution is 5.08. The fourth-order valence-corrected chi connectivity index (χ4v) is 1.27. The Morgan fingerprint density at radius 1 is 1.50 bits per heavy atom. The van der Waals surface area contributed by atoms with Crippen LogP contribution in [0.3, 0.4) is 0 Å². The zero-order valence-electron chi connectivity index (χ0n) is 8.64. The maximum atomic E-state index is 13.2. The number of hydrogen-bond donors (Lipinski definition) is 1. The summed E-state index contributed by atoms with van der Waals surface area (Å²) in [6.07, 6.45) is 1.45. The number of hydrogen-bond acceptors (Lipinski definition) is 2. The van der Waals surface area contributed by atoms with Gasteiger partial charge >= 0.3 is 0 Å². The molecule has 0 unspecified atom stereocenters. The van der Waals surface area contributed by atoms with E-state index in [1.54, 1.807) is 6.92 Å². The molecular formula is C9H15F2N3. The Hall–Kier alpha value is -0.970. The fourth-order valence-electron chi connectivity index (χ4n) is 1.27. The highest BCUT2D eigenvalue weighted by atomic mass is 19.3. The highest BCUT2D eigenvalue weighted by Crippen LogP contribution is 2.17. The van der Waals surface area contributed by atoms with Gasteiger partial charge in [-0.2, -0.15) is 0 Å². The van der Waals surface area contributed by atoms with Crippen molar-refractivity contribution >= 4 is 0 Å². The van der Waals surface area contributed by atoms with Gasteiger partial charge in [-0.15, -0.1) is 0 Å². The summed E-state index contributed by atoms with van der Waals surface area (Å²) in [7, 11) is 1.51. The first kappa shape index (κ1) is 11.1. The summed E-state index contributed by atoms with van der Waals surface area (Å²) in [5, 5.41) is 2.47. The van der Waals surface area contributed by atoms with Gasteiger partial charge < -0.3 is 9.88 Å². The van der Waals surface area contributed by atoms with Gasteiger partial charge in [-0.1, -0.05) is 0 Å². The summed E-state index contributed by atoms with van der Waals surface area (Å²) in [5.41, 5.74) is 1.59. The lowest BCUT2D eigenvalue weighted by Crippen LogP contribution is -2.34. The van der Waals surface area contributed by atoms with Crippen LogP contribution in [0.1, 0.15) is 11.4 Å². The predicted octanol–water partition coefficient (Wildman–Crippen LogP) is 1.35. The molecule has 0 atom stereocenters. The van der Waals surface area contributed by atoms with Crippen molar-refractivity contribution in [1.29, 1.82) is 0 Å². The zero-order chi connectivity index (χ0) is 10.8. The number of nitrogens with zero attached hydrogens (tertiary/aromatic N) is 2. The predicted molar refractivity (Wildman–Crippen MR) is 50.6 cm³/mol. The van der Waals surface area contributed by atoms with E-state index in [4.69, 9.17) is 0 Å². The van der Waals surface area contributed by atoms with Gasteiger partial charge in [-0.25, -0.2) is 13.8 Å². The van der Waals surface area contributed by atoms with Gasteiger partial charge in [0.25, 0.3) is 5.92 Å². The van der Waals surface area contributed by atoms with Crippen molar-refractivity contribution in [3.63, 3.8) is 0 Å². The van der Waals surface area contributed by atoms with E-state index in [1.807, 2.05) is 6.92 Å². The number of aromatic nitrogens is 2. The minimum absolute atomic E-state index is 0.316. The first-order chi connectivity index (χ1) is 6.46. The van der Waals surface area contributed by atoms with Crippen molar-refractivity contribution in [1.82, 2.24) is 14.9 Å². The Morgan fingerprint density at radius 3 is 2.57 bits per heavy atom. The SMILES string of the molecule is CNCC(F)(F)Cn1cnc(C)c1C. The molecular weight excluding hydrogens is 188 g/mol. The molecule has 1 rings (SSSR count). The van der Waals surface area contributed by atoms with Gasteiger partial charge in [0.1, 0.15) is 0 Å². The Kier molecular flexibility index (Phi) is 3.21. The van der Waals surface area contributed by atoms with E-state index in [1.165, 1.54) is 17.9 Å². The third-order valence-electron chi connectivity index (χ3n) is 2.18. The van der Waals surface area contributed by atoms with Gasteiger partial charge in [0.15, 0.2) is 0 Å². The van der Waals surface area contributed by atoms with E-state index in [-0.39, 0.29) is 13.1 Å². The summed E-state index contributed by atoms with van der Waals surface area (Å²) < 4.78 is 27.9. The normalized spacial score (nSPS) is 12.1. The number of halogens is 2. The number of nitrogens with one attached hydrogen (secondary N) is 1. The van der Waals surface area contributed by atoms with Gasteiger partial charge in [0, 0.05) is 5.69 Å². The molecule has 14 heavy (non-hydrogen) atoms. The van der Waals surface area contributed by atoms with E-state index in [9.17, 15) is 8.78 Å². The molecule has 0 spiro atoms. The van der Waals surface area contributed by atoms with Crippen LogP contribution in [0.15, 0.2) is 6.33 Å². The van der Waals surface area contributed by atoms with Crippen LogP contribution in [-0.2, 0) is 6.54 Å². The molecule has 5 heteroatoms. The molecule has 0 bridgehead atoms. The average molecular weight is 203 g/mol. The van der Waals surface area contributed by atoms with Crippen LogP contribution in [0, 0.1) is 13.8 Å². The van der Waals surface area contributed by atoms with Gasteiger partial charge in [-0.3, -0.25) is 0 Å². The number of imidazole rings is 1. The molecule has 0 aliphatic heterocycles. The van der Waals surface area contributed by atoms with Crippen LogP contribution in [0.25, 0.3) is 0 Å². The zero-order valence-corrected chi connectivity index (χ0v) is 8.64. The Labute approximate surface area is 82.1 Å². The van der Waals surface area contributed by atoms with E-state index in [0.29, 0.717) is 0 Å². The lowest BCUT2D eigenvalue weighted by Gasteiger charge is -2.17. The van der Waals surface area contributed by atoms with Gasteiger partial charge in [0.05, 0.1) is 25.1 Å². The molecule has 0 aromatic carbocycles. The topological polar surface area (TPSA) is 29.9 Å². The number of alkyl halides is 2. The lowest BCUT2D eigenvalue weighted by atomic mass is 10.3. The van der Waals surface area contributed by atoms with Crippen molar-refractivity contribution in [2.45, 2.75) is 26.3 Å². The molecule has 1 N–H and O–H groups in total. The van der Waals surface area contributed by atoms with Gasteiger partial charge in [-0.05, 0) is 20.9 Å². The maximum absolute atomic E-state index is 13.2. The minimum Gasteiger partial charge on any atom is -0.329 e. The molecule has 0 radical (unpaired) electrons. The van der Waals surface area contributed by atoms with E-state index in [2.05, 4.69) is 10.3 Å². The van der Waals surface area contributed by atoms with Crippen LogP contribution >= 0.6 is 0 Å². The second kappa shape index (κ2) is 4.04. The van der Waals surface area contributed by atoms with Crippen LogP contribution < -0.4 is 5.32 Å². The van der Waals surface area contributed by atoms with Gasteiger partial charge in [0.2, 0.25) is 0 Å². The molecule has 1 heterocycles. The Morgan fingerprint density at radius 2 is 2.14 bits per heavy atom. The lowest BCUT2D eigenvalue weighted by molar-refractivity contribution is -0.0136. The van der Waals surface area contributed by atoms with E-state index >= 15 is 0 Å². The molecule has 0 aliphatic rings. The smallest absolute Gasteiger partial charge is 0.277 e. The molecule has 1 aromatic rings. The van der Waals surface area contributed by atoms with Crippen molar-refractivity contribution in [2.75, 3.05) is 13.6 Å². The highest BCUT2D eigenvalue weighted by Gasteiger charge is 2.28. The first-order valence-electron chi connectivity index (χ1n) is 4.47. The third kappa shape index (κ3) is 2.51. The minimum atomic E-state index is -2.73. The largest absolute Gasteiger partial charge is 0.329 e. The maximum Gasteiger partial charge on any atom is 0.277 e. The Balaban J connectivity index is 2.73. The van der Waals surface area contributed by atoms with Crippen molar-refractivity contribution < 1.29 is 8.78 Å². The average Bonchev–Trinajstić information content (AvgIpc) is 2.35. The van der Waals surface area contributed by atoms with Crippen molar-refractivity contribution in [3.8, 4) is 0 Å². The fraction of sp³-hybridized carbons (Fsp3) is 0.667. The summed E-state index contributed by atoms with van der Waals surface area (Å²) in [4.78, 5) is 3.97. The quantitative estimate of drug-likeness (QED) is 0.800. The molecule has 0 fully saturated rings. The van der Waals surface area contributed by atoms with Crippen molar-refractivity contribution in [2.24, 2.45) is 0 Å². The summed E-state index contributed by atoms with van der Waals surface area (Å²) in [6, 6.07) is 0. The molecule has 3 nitrogen and oxygen atoms in total. The molecule has 80 valence electrons. The molecule has 0 saturated carbocycles. The van der Waals surface area contributed by atoms with Crippen LogP contribution in [0.5, 0.6) is 0 Å². The summed E-state index contributed by atoms with van der Waals surface area (Å²) >= 11 is 0. The van der Waals surface area contributed by atoms with Crippen LogP contribution in [0.2, 0.25) is 0 Å². The van der Waals surface area contributed by atoms with Crippen LogP contribution in [0.4, 0.5) is 8.78 Å².